The number of halogens is 1. The predicted molar refractivity (Wildman–Crippen MR) is 71.3 cm³/mol. The average molecular weight is 254 g/mol. The summed E-state index contributed by atoms with van der Waals surface area (Å²) in [4.78, 5) is 0. The number of aliphatic hydroxyl groups excluding tert-OH is 1. The van der Waals surface area contributed by atoms with Gasteiger partial charge < -0.3 is 10.4 Å². The van der Waals surface area contributed by atoms with Gasteiger partial charge >= 0.3 is 0 Å². The highest BCUT2D eigenvalue weighted by molar-refractivity contribution is 6.30. The first-order valence-corrected chi connectivity index (χ1v) is 6.80. The largest absolute Gasteiger partial charge is 0.394 e. The van der Waals surface area contributed by atoms with Crippen LogP contribution in [0.3, 0.4) is 0 Å². The number of nitrogens with one attached hydrogen (secondary N) is 1. The van der Waals surface area contributed by atoms with Gasteiger partial charge in [0, 0.05) is 11.1 Å². The monoisotopic (exact) mass is 253 g/mol. The second-order valence-electron chi connectivity index (χ2n) is 4.79. The molecule has 17 heavy (non-hydrogen) atoms. The molecule has 0 bridgehead atoms. The maximum atomic E-state index is 9.50. The standard InChI is InChI=1S/C14H20ClNO/c15-12-6-4-5-11(9-12)14(10-17)16-13-7-2-1-3-8-13/h4-6,9,13-14,16-17H,1-3,7-8,10H2. The van der Waals surface area contributed by atoms with E-state index in [1.807, 2.05) is 24.3 Å². The second kappa shape index (κ2) is 6.39. The zero-order chi connectivity index (χ0) is 12.1. The maximum Gasteiger partial charge on any atom is 0.0626 e. The predicted octanol–water partition coefficient (Wildman–Crippen LogP) is 3.30. The van der Waals surface area contributed by atoms with Crippen molar-refractivity contribution in [3.05, 3.63) is 34.9 Å². The molecule has 0 saturated heterocycles. The minimum Gasteiger partial charge on any atom is -0.394 e. The van der Waals surface area contributed by atoms with Crippen LogP contribution < -0.4 is 5.32 Å². The van der Waals surface area contributed by atoms with Gasteiger partial charge in [-0.15, -0.1) is 0 Å². The molecule has 1 aliphatic rings. The lowest BCUT2D eigenvalue weighted by molar-refractivity contribution is 0.220. The molecule has 0 radical (unpaired) electrons. The van der Waals surface area contributed by atoms with E-state index < -0.39 is 0 Å². The average Bonchev–Trinajstić information content (AvgIpc) is 2.37. The highest BCUT2D eigenvalue weighted by Gasteiger charge is 2.18. The first-order valence-electron chi connectivity index (χ1n) is 6.42. The van der Waals surface area contributed by atoms with E-state index in [1.165, 1.54) is 32.1 Å². The van der Waals surface area contributed by atoms with Crippen molar-refractivity contribution < 1.29 is 5.11 Å². The fourth-order valence-electron chi connectivity index (χ4n) is 2.53. The molecule has 1 fully saturated rings. The summed E-state index contributed by atoms with van der Waals surface area (Å²) in [7, 11) is 0. The molecule has 2 nitrogen and oxygen atoms in total. The maximum absolute atomic E-state index is 9.50. The molecule has 0 spiro atoms. The van der Waals surface area contributed by atoms with Gasteiger partial charge in [-0.1, -0.05) is 43.0 Å². The number of hydrogen-bond donors (Lipinski definition) is 2. The van der Waals surface area contributed by atoms with Crippen LogP contribution in [0.2, 0.25) is 5.02 Å². The van der Waals surface area contributed by atoms with Crippen LogP contribution in [-0.2, 0) is 0 Å². The molecular formula is C14H20ClNO. The van der Waals surface area contributed by atoms with Crippen molar-refractivity contribution in [1.82, 2.24) is 5.32 Å². The van der Waals surface area contributed by atoms with Crippen LogP contribution in [0.15, 0.2) is 24.3 Å². The number of aliphatic hydroxyl groups is 1. The summed E-state index contributed by atoms with van der Waals surface area (Å²) in [5.41, 5.74) is 1.07. The van der Waals surface area contributed by atoms with Crippen molar-refractivity contribution in [2.24, 2.45) is 0 Å². The topological polar surface area (TPSA) is 32.3 Å². The molecule has 94 valence electrons. The van der Waals surface area contributed by atoms with Gasteiger partial charge in [0.05, 0.1) is 12.6 Å². The number of hydrogen-bond acceptors (Lipinski definition) is 2. The molecule has 0 amide bonds. The van der Waals surface area contributed by atoms with Crippen molar-refractivity contribution >= 4 is 11.6 Å². The normalized spacial score (nSPS) is 19.2. The molecule has 1 aliphatic carbocycles. The van der Waals surface area contributed by atoms with Crippen LogP contribution in [0.5, 0.6) is 0 Å². The van der Waals surface area contributed by atoms with Gasteiger partial charge in [0.2, 0.25) is 0 Å². The summed E-state index contributed by atoms with van der Waals surface area (Å²) in [6, 6.07) is 8.29. The third kappa shape index (κ3) is 3.70. The molecule has 3 heteroatoms. The van der Waals surface area contributed by atoms with E-state index >= 15 is 0 Å². The zero-order valence-corrected chi connectivity index (χ0v) is 10.8. The Morgan fingerprint density at radius 2 is 2.06 bits per heavy atom. The lowest BCUT2D eigenvalue weighted by Crippen LogP contribution is -2.36. The molecule has 1 aromatic carbocycles. The van der Waals surface area contributed by atoms with Crippen LogP contribution in [-0.4, -0.2) is 17.8 Å². The van der Waals surface area contributed by atoms with Crippen molar-refractivity contribution in [2.45, 2.75) is 44.2 Å². The van der Waals surface area contributed by atoms with E-state index in [9.17, 15) is 5.11 Å². The Bertz CT molecular complexity index is 350. The first kappa shape index (κ1) is 12.9. The van der Waals surface area contributed by atoms with Crippen molar-refractivity contribution in [1.29, 1.82) is 0 Å². The summed E-state index contributed by atoms with van der Waals surface area (Å²) in [5, 5.41) is 13.8. The lowest BCUT2D eigenvalue weighted by Gasteiger charge is -2.28. The molecule has 0 heterocycles. The van der Waals surface area contributed by atoms with E-state index in [0.717, 1.165) is 10.6 Å². The van der Waals surface area contributed by atoms with Crippen LogP contribution in [0.1, 0.15) is 43.7 Å². The molecule has 2 N–H and O–H groups in total. The molecule has 1 saturated carbocycles. The summed E-state index contributed by atoms with van der Waals surface area (Å²) in [5.74, 6) is 0. The minimum absolute atomic E-state index is 0.0109. The fourth-order valence-corrected chi connectivity index (χ4v) is 2.73. The van der Waals surface area contributed by atoms with Gasteiger partial charge in [-0.05, 0) is 30.5 Å². The lowest BCUT2D eigenvalue weighted by atomic mass is 9.94. The van der Waals surface area contributed by atoms with Crippen molar-refractivity contribution in [3.63, 3.8) is 0 Å². The summed E-state index contributed by atoms with van der Waals surface area (Å²) < 4.78 is 0. The van der Waals surface area contributed by atoms with E-state index in [-0.39, 0.29) is 12.6 Å². The highest BCUT2D eigenvalue weighted by atomic mass is 35.5. The smallest absolute Gasteiger partial charge is 0.0626 e. The highest BCUT2D eigenvalue weighted by Crippen LogP contribution is 2.22. The zero-order valence-electron chi connectivity index (χ0n) is 10.0. The molecule has 0 aromatic heterocycles. The van der Waals surface area contributed by atoms with E-state index in [1.54, 1.807) is 0 Å². The van der Waals surface area contributed by atoms with Gasteiger partial charge in [0.15, 0.2) is 0 Å². The van der Waals surface area contributed by atoms with E-state index in [4.69, 9.17) is 11.6 Å². The third-order valence-electron chi connectivity index (χ3n) is 3.48. The molecule has 0 aliphatic heterocycles. The Kier molecular flexibility index (Phi) is 4.84. The fraction of sp³-hybridized carbons (Fsp3) is 0.571. The quantitative estimate of drug-likeness (QED) is 0.863. The molecule has 1 atom stereocenters. The van der Waals surface area contributed by atoms with Gasteiger partial charge in [-0.2, -0.15) is 0 Å². The Morgan fingerprint density at radius 3 is 2.71 bits per heavy atom. The summed E-state index contributed by atoms with van der Waals surface area (Å²) in [6.45, 7) is 0.122. The van der Waals surface area contributed by atoms with Gasteiger partial charge in [0.25, 0.3) is 0 Å². The second-order valence-corrected chi connectivity index (χ2v) is 5.23. The molecular weight excluding hydrogens is 234 g/mol. The Balaban J connectivity index is 2.00. The SMILES string of the molecule is OCC(NC1CCCCC1)c1cccc(Cl)c1. The third-order valence-corrected chi connectivity index (χ3v) is 3.71. The molecule has 1 aromatic rings. The van der Waals surface area contributed by atoms with Crippen LogP contribution >= 0.6 is 11.6 Å². The van der Waals surface area contributed by atoms with Crippen LogP contribution in [0.4, 0.5) is 0 Å². The number of rotatable bonds is 4. The van der Waals surface area contributed by atoms with Gasteiger partial charge in [-0.25, -0.2) is 0 Å². The Labute approximate surface area is 108 Å². The first-order chi connectivity index (χ1) is 8.29. The van der Waals surface area contributed by atoms with Crippen molar-refractivity contribution in [2.75, 3.05) is 6.61 Å². The van der Waals surface area contributed by atoms with Crippen LogP contribution in [0, 0.1) is 0 Å². The minimum atomic E-state index is 0.0109. The summed E-state index contributed by atoms with van der Waals surface area (Å²) in [6.07, 6.45) is 6.38. The van der Waals surface area contributed by atoms with Crippen LogP contribution in [0.25, 0.3) is 0 Å². The van der Waals surface area contributed by atoms with Crippen molar-refractivity contribution in [3.8, 4) is 0 Å². The van der Waals surface area contributed by atoms with Gasteiger partial charge in [0.1, 0.15) is 0 Å². The molecule has 2 rings (SSSR count). The van der Waals surface area contributed by atoms with E-state index in [0.29, 0.717) is 6.04 Å². The van der Waals surface area contributed by atoms with E-state index in [2.05, 4.69) is 5.32 Å². The number of benzene rings is 1. The summed E-state index contributed by atoms with van der Waals surface area (Å²) >= 11 is 5.98. The Hall–Kier alpha value is -0.570. The molecule has 1 unspecified atom stereocenters. The Morgan fingerprint density at radius 1 is 1.29 bits per heavy atom. The van der Waals surface area contributed by atoms with Gasteiger partial charge in [-0.3, -0.25) is 0 Å².